The zero-order chi connectivity index (χ0) is 15.0. The summed E-state index contributed by atoms with van der Waals surface area (Å²) in [6.07, 6.45) is 0. The molecule has 0 aliphatic carbocycles. The fourth-order valence-electron chi connectivity index (χ4n) is 2.04. The van der Waals surface area contributed by atoms with Crippen molar-refractivity contribution in [2.75, 3.05) is 0 Å². The molecule has 3 rings (SSSR count). The number of carboxylic acids is 1. The van der Waals surface area contributed by atoms with Crippen molar-refractivity contribution in [2.24, 2.45) is 0 Å². The van der Waals surface area contributed by atoms with Gasteiger partial charge in [0.05, 0.1) is 5.39 Å². The van der Waals surface area contributed by atoms with Gasteiger partial charge in [-0.3, -0.25) is 4.79 Å². The molecule has 0 amide bonds. The van der Waals surface area contributed by atoms with Crippen LogP contribution in [0.3, 0.4) is 0 Å². The van der Waals surface area contributed by atoms with E-state index in [1.165, 1.54) is 0 Å². The lowest BCUT2D eigenvalue weighted by Gasteiger charge is -2.06. The smallest absolute Gasteiger partial charge is 0.357 e. The molecule has 0 spiro atoms. The molecule has 0 aliphatic heterocycles. The van der Waals surface area contributed by atoms with Crippen molar-refractivity contribution < 1.29 is 14.4 Å². The van der Waals surface area contributed by atoms with Crippen LogP contribution in [0.25, 0.3) is 10.8 Å². The van der Waals surface area contributed by atoms with Gasteiger partial charge in [0.25, 0.3) is 5.56 Å². The molecule has 0 unspecified atom stereocenters. The Balaban J connectivity index is 2.21. The molecule has 0 atom stereocenters. The van der Waals surface area contributed by atoms with E-state index < -0.39 is 11.5 Å². The zero-order valence-electron chi connectivity index (χ0n) is 11.0. The SMILES string of the molecule is Cc1nc(Cn2nc(C(=O)O)c3ccccc3c2=O)no1. The van der Waals surface area contributed by atoms with Crippen LogP contribution in [-0.4, -0.2) is 31.0 Å². The quantitative estimate of drug-likeness (QED) is 0.759. The van der Waals surface area contributed by atoms with Crippen LogP contribution in [0, 0.1) is 6.92 Å². The Morgan fingerprint density at radius 3 is 2.67 bits per heavy atom. The molecular weight excluding hydrogens is 276 g/mol. The van der Waals surface area contributed by atoms with E-state index in [-0.39, 0.29) is 23.4 Å². The Bertz CT molecular complexity index is 897. The Hall–Kier alpha value is -3.03. The van der Waals surface area contributed by atoms with Crippen molar-refractivity contribution >= 4 is 16.7 Å². The van der Waals surface area contributed by atoms with E-state index >= 15 is 0 Å². The summed E-state index contributed by atoms with van der Waals surface area (Å²) in [6, 6.07) is 6.43. The Labute approximate surface area is 117 Å². The van der Waals surface area contributed by atoms with Crippen LogP contribution in [0.5, 0.6) is 0 Å². The van der Waals surface area contributed by atoms with Crippen molar-refractivity contribution in [3.8, 4) is 0 Å². The first kappa shape index (κ1) is 13.0. The lowest BCUT2D eigenvalue weighted by molar-refractivity contribution is 0.0690. The highest BCUT2D eigenvalue weighted by Crippen LogP contribution is 2.13. The Morgan fingerprint density at radius 1 is 1.33 bits per heavy atom. The number of carboxylic acid groups (broad SMARTS) is 1. The number of fused-ring (bicyclic) bond motifs is 1. The van der Waals surface area contributed by atoms with Crippen LogP contribution in [0.1, 0.15) is 22.2 Å². The summed E-state index contributed by atoms with van der Waals surface area (Å²) in [4.78, 5) is 27.6. The van der Waals surface area contributed by atoms with Gasteiger partial charge >= 0.3 is 5.97 Å². The Kier molecular flexibility index (Phi) is 2.98. The third-order valence-corrected chi connectivity index (χ3v) is 2.93. The van der Waals surface area contributed by atoms with Gasteiger partial charge in [0.2, 0.25) is 5.89 Å². The first-order chi connectivity index (χ1) is 10.1. The van der Waals surface area contributed by atoms with Gasteiger partial charge in [-0.2, -0.15) is 10.1 Å². The third-order valence-electron chi connectivity index (χ3n) is 2.93. The average molecular weight is 286 g/mol. The van der Waals surface area contributed by atoms with Gasteiger partial charge in [-0.05, 0) is 6.07 Å². The van der Waals surface area contributed by atoms with Crippen molar-refractivity contribution in [1.29, 1.82) is 0 Å². The van der Waals surface area contributed by atoms with E-state index in [4.69, 9.17) is 4.52 Å². The van der Waals surface area contributed by atoms with Gasteiger partial charge in [0, 0.05) is 12.3 Å². The summed E-state index contributed by atoms with van der Waals surface area (Å²) < 4.78 is 5.85. The first-order valence-electron chi connectivity index (χ1n) is 6.08. The molecule has 1 N–H and O–H groups in total. The summed E-state index contributed by atoms with van der Waals surface area (Å²) in [5.74, 6) is -0.588. The number of aromatic carboxylic acids is 1. The number of aryl methyl sites for hydroxylation is 1. The first-order valence-corrected chi connectivity index (χ1v) is 6.08. The monoisotopic (exact) mass is 286 g/mol. The van der Waals surface area contributed by atoms with Crippen molar-refractivity contribution in [1.82, 2.24) is 19.9 Å². The normalized spacial score (nSPS) is 10.9. The van der Waals surface area contributed by atoms with Crippen LogP contribution in [0.15, 0.2) is 33.6 Å². The number of carbonyl (C=O) groups is 1. The van der Waals surface area contributed by atoms with Gasteiger partial charge in [-0.15, -0.1) is 0 Å². The maximum Gasteiger partial charge on any atom is 0.357 e. The summed E-state index contributed by atoms with van der Waals surface area (Å²) in [5, 5.41) is 17.4. The number of rotatable bonds is 3. The lowest BCUT2D eigenvalue weighted by Crippen LogP contribution is -2.26. The van der Waals surface area contributed by atoms with E-state index in [0.717, 1.165) is 4.68 Å². The topological polar surface area (TPSA) is 111 Å². The van der Waals surface area contributed by atoms with Crippen LogP contribution >= 0.6 is 0 Å². The summed E-state index contributed by atoms with van der Waals surface area (Å²) in [5.41, 5.74) is -0.594. The van der Waals surface area contributed by atoms with E-state index in [2.05, 4.69) is 15.2 Å². The molecule has 0 fully saturated rings. The predicted molar refractivity (Wildman–Crippen MR) is 71.1 cm³/mol. The second kappa shape index (κ2) is 4.82. The van der Waals surface area contributed by atoms with Gasteiger partial charge in [0.15, 0.2) is 11.5 Å². The minimum Gasteiger partial charge on any atom is -0.476 e. The number of nitrogens with zero attached hydrogens (tertiary/aromatic N) is 4. The zero-order valence-corrected chi connectivity index (χ0v) is 11.0. The number of hydrogen-bond donors (Lipinski definition) is 1. The van der Waals surface area contributed by atoms with Crippen LogP contribution in [0.2, 0.25) is 0 Å². The van der Waals surface area contributed by atoms with Gasteiger partial charge in [-0.25, -0.2) is 9.48 Å². The minimum atomic E-state index is -1.20. The second-order valence-electron chi connectivity index (χ2n) is 4.39. The van der Waals surface area contributed by atoms with Crippen LogP contribution in [0.4, 0.5) is 0 Å². The van der Waals surface area contributed by atoms with Gasteiger partial charge in [0.1, 0.15) is 6.54 Å². The molecule has 8 nitrogen and oxygen atoms in total. The van der Waals surface area contributed by atoms with E-state index in [9.17, 15) is 14.7 Å². The summed E-state index contributed by atoms with van der Waals surface area (Å²) in [7, 11) is 0. The fourth-order valence-corrected chi connectivity index (χ4v) is 2.04. The molecule has 0 bridgehead atoms. The lowest BCUT2D eigenvalue weighted by atomic mass is 10.1. The highest BCUT2D eigenvalue weighted by atomic mass is 16.5. The average Bonchev–Trinajstić information content (AvgIpc) is 2.87. The van der Waals surface area contributed by atoms with Crippen molar-refractivity contribution in [2.45, 2.75) is 13.5 Å². The maximum atomic E-state index is 12.3. The molecule has 106 valence electrons. The number of benzene rings is 1. The molecule has 3 aromatic rings. The summed E-state index contributed by atoms with van der Waals surface area (Å²) >= 11 is 0. The van der Waals surface area contributed by atoms with Gasteiger partial charge in [-0.1, -0.05) is 23.4 Å². The summed E-state index contributed by atoms with van der Waals surface area (Å²) in [6.45, 7) is 1.57. The molecule has 0 radical (unpaired) electrons. The molecular formula is C13H10N4O4. The fraction of sp³-hybridized carbons (Fsp3) is 0.154. The molecule has 2 heterocycles. The molecule has 21 heavy (non-hydrogen) atoms. The third kappa shape index (κ3) is 2.27. The van der Waals surface area contributed by atoms with Crippen LogP contribution < -0.4 is 5.56 Å². The number of hydrogen-bond acceptors (Lipinski definition) is 6. The molecule has 0 aliphatic rings. The highest BCUT2D eigenvalue weighted by molar-refractivity contribution is 6.01. The van der Waals surface area contributed by atoms with Crippen molar-refractivity contribution in [3.63, 3.8) is 0 Å². The molecule has 0 saturated heterocycles. The molecule has 8 heteroatoms. The molecule has 1 aromatic carbocycles. The van der Waals surface area contributed by atoms with Gasteiger partial charge < -0.3 is 9.63 Å². The Morgan fingerprint density at radius 2 is 2.05 bits per heavy atom. The largest absolute Gasteiger partial charge is 0.476 e. The standard InChI is InChI=1S/C13H10N4O4/c1-7-14-10(16-21-7)6-17-12(18)9-5-3-2-4-8(9)11(15-17)13(19)20/h2-5H,6H2,1H3,(H,19,20). The second-order valence-corrected chi connectivity index (χ2v) is 4.39. The van der Waals surface area contributed by atoms with Crippen molar-refractivity contribution in [3.05, 3.63) is 52.0 Å². The number of aromatic nitrogens is 4. The van der Waals surface area contributed by atoms with E-state index in [0.29, 0.717) is 11.3 Å². The van der Waals surface area contributed by atoms with E-state index in [1.54, 1.807) is 31.2 Å². The van der Waals surface area contributed by atoms with Crippen LogP contribution in [-0.2, 0) is 6.54 Å². The molecule has 0 saturated carbocycles. The minimum absolute atomic E-state index is 0.0543. The maximum absolute atomic E-state index is 12.3. The predicted octanol–water partition coefficient (Wildman–Crippen LogP) is 0.834. The van der Waals surface area contributed by atoms with E-state index in [1.807, 2.05) is 0 Å². The highest BCUT2D eigenvalue weighted by Gasteiger charge is 2.16. The molecule has 2 aromatic heterocycles.